The molecule has 9 nitrogen and oxygen atoms in total. The SMILES string of the molecule is C=CCn1c(=S)sc2c(=O)n(CC(=O)Nc3ccc(S(=O)(=O)N(C)C)cc3)cnc21. The molecule has 3 rings (SSSR count). The van der Waals surface area contributed by atoms with E-state index in [0.29, 0.717) is 26.5 Å². The van der Waals surface area contributed by atoms with Gasteiger partial charge >= 0.3 is 0 Å². The van der Waals surface area contributed by atoms with Gasteiger partial charge in [-0.3, -0.25) is 14.2 Å². The standard InChI is InChI=1S/C18H19N5O4S3/c1-4-9-23-16-15(29-18(23)28)17(25)22(11-19-16)10-14(24)20-12-5-7-13(8-6-12)30(26,27)21(2)3/h4-8,11H,1,9-10H2,2-3H3,(H,20,24). The Morgan fingerprint density at radius 2 is 2.00 bits per heavy atom. The summed E-state index contributed by atoms with van der Waals surface area (Å²) in [7, 11) is -0.673. The van der Waals surface area contributed by atoms with E-state index < -0.39 is 15.9 Å². The van der Waals surface area contributed by atoms with Crippen molar-refractivity contribution in [2.45, 2.75) is 18.0 Å². The molecule has 3 aromatic rings. The molecular formula is C18H19N5O4S3. The quantitative estimate of drug-likeness (QED) is 0.423. The lowest BCUT2D eigenvalue weighted by Gasteiger charge is -2.12. The van der Waals surface area contributed by atoms with E-state index in [1.54, 1.807) is 10.6 Å². The molecule has 0 fully saturated rings. The van der Waals surface area contributed by atoms with Crippen LogP contribution < -0.4 is 10.9 Å². The second-order valence-corrected chi connectivity index (χ2v) is 10.3. The van der Waals surface area contributed by atoms with Crippen molar-refractivity contribution < 1.29 is 13.2 Å². The number of sulfonamides is 1. The number of carbonyl (C=O) groups is 1. The fourth-order valence-corrected chi connectivity index (χ4v) is 4.87. The van der Waals surface area contributed by atoms with Crippen LogP contribution in [-0.4, -0.2) is 46.8 Å². The van der Waals surface area contributed by atoms with E-state index in [2.05, 4.69) is 16.9 Å². The Kier molecular flexibility index (Phi) is 6.31. The molecule has 0 saturated heterocycles. The minimum Gasteiger partial charge on any atom is -0.325 e. The molecule has 0 radical (unpaired) electrons. The lowest BCUT2D eigenvalue weighted by atomic mass is 10.3. The Labute approximate surface area is 182 Å². The fourth-order valence-electron chi connectivity index (χ4n) is 2.65. The highest BCUT2D eigenvalue weighted by Gasteiger charge is 2.17. The third-order valence-corrected chi connectivity index (χ3v) is 7.44. The number of nitrogens with one attached hydrogen (secondary N) is 1. The number of carbonyl (C=O) groups excluding carboxylic acids is 1. The van der Waals surface area contributed by atoms with Crippen LogP contribution in [0.1, 0.15) is 0 Å². The minimum absolute atomic E-state index is 0.113. The van der Waals surface area contributed by atoms with E-state index in [1.807, 2.05) is 0 Å². The lowest BCUT2D eigenvalue weighted by Crippen LogP contribution is -2.27. The van der Waals surface area contributed by atoms with Crippen LogP contribution in [0.25, 0.3) is 10.3 Å². The Bertz CT molecular complexity index is 1330. The highest BCUT2D eigenvalue weighted by molar-refractivity contribution is 7.89. The molecule has 158 valence electrons. The number of rotatable bonds is 7. The van der Waals surface area contributed by atoms with E-state index in [1.165, 1.54) is 49.3 Å². The van der Waals surface area contributed by atoms with E-state index in [4.69, 9.17) is 12.2 Å². The number of fused-ring (bicyclic) bond motifs is 1. The van der Waals surface area contributed by atoms with Crippen molar-refractivity contribution in [3.8, 4) is 0 Å². The molecule has 0 atom stereocenters. The normalized spacial score (nSPS) is 11.7. The zero-order valence-corrected chi connectivity index (χ0v) is 18.7. The number of anilines is 1. The first-order chi connectivity index (χ1) is 14.1. The van der Waals surface area contributed by atoms with Crippen molar-refractivity contribution in [1.82, 2.24) is 18.4 Å². The maximum absolute atomic E-state index is 12.7. The highest BCUT2D eigenvalue weighted by atomic mass is 32.2. The Morgan fingerprint density at radius 1 is 1.33 bits per heavy atom. The second-order valence-electron chi connectivity index (χ2n) is 6.46. The predicted octanol–water partition coefficient (Wildman–Crippen LogP) is 2.06. The number of hydrogen-bond acceptors (Lipinski definition) is 7. The summed E-state index contributed by atoms with van der Waals surface area (Å²) in [6.07, 6.45) is 2.97. The third kappa shape index (κ3) is 4.26. The molecule has 12 heteroatoms. The second kappa shape index (κ2) is 8.60. The van der Waals surface area contributed by atoms with Crippen LogP contribution in [-0.2, 0) is 27.9 Å². The van der Waals surface area contributed by atoms with Crippen LogP contribution in [0.2, 0.25) is 0 Å². The van der Waals surface area contributed by atoms with Crippen LogP contribution in [0.4, 0.5) is 5.69 Å². The van der Waals surface area contributed by atoms with Crippen LogP contribution >= 0.6 is 23.6 Å². The van der Waals surface area contributed by atoms with Gasteiger partial charge in [0.15, 0.2) is 9.60 Å². The number of allylic oxidation sites excluding steroid dienone is 1. The van der Waals surface area contributed by atoms with Crippen LogP contribution in [0.5, 0.6) is 0 Å². The number of benzene rings is 1. The van der Waals surface area contributed by atoms with Gasteiger partial charge in [0.05, 0.1) is 4.90 Å². The molecule has 0 bridgehead atoms. The molecule has 0 unspecified atom stereocenters. The molecule has 0 spiro atoms. The van der Waals surface area contributed by atoms with Crippen molar-refractivity contribution in [3.05, 3.63) is 57.6 Å². The highest BCUT2D eigenvalue weighted by Crippen LogP contribution is 2.18. The van der Waals surface area contributed by atoms with E-state index in [0.717, 1.165) is 15.6 Å². The summed E-state index contributed by atoms with van der Waals surface area (Å²) in [5.41, 5.74) is 0.512. The molecule has 2 heterocycles. The first-order valence-electron chi connectivity index (χ1n) is 8.67. The smallest absolute Gasteiger partial charge is 0.273 e. The molecule has 0 aliphatic rings. The van der Waals surface area contributed by atoms with Crippen LogP contribution in [0, 0.1) is 3.95 Å². The Balaban J connectivity index is 1.79. The van der Waals surface area contributed by atoms with Gasteiger partial charge in [-0.2, -0.15) is 0 Å². The van der Waals surface area contributed by atoms with Gasteiger partial charge in [-0.25, -0.2) is 17.7 Å². The number of amides is 1. The predicted molar refractivity (Wildman–Crippen MR) is 119 cm³/mol. The summed E-state index contributed by atoms with van der Waals surface area (Å²) in [5, 5.41) is 2.64. The maximum atomic E-state index is 12.7. The average molecular weight is 466 g/mol. The van der Waals surface area contributed by atoms with E-state index in [-0.39, 0.29) is 17.0 Å². The monoisotopic (exact) mass is 465 g/mol. The molecule has 1 amide bonds. The van der Waals surface area contributed by atoms with Crippen LogP contribution in [0.3, 0.4) is 0 Å². The number of hydrogen-bond donors (Lipinski definition) is 1. The van der Waals surface area contributed by atoms with E-state index >= 15 is 0 Å². The number of thiazole rings is 1. The summed E-state index contributed by atoms with van der Waals surface area (Å²) in [5.74, 6) is -0.449. The van der Waals surface area contributed by atoms with Crippen LogP contribution in [0.15, 0.2) is 52.9 Å². The molecule has 2 aromatic heterocycles. The Morgan fingerprint density at radius 3 is 2.60 bits per heavy atom. The van der Waals surface area contributed by atoms with Crippen molar-refractivity contribution in [1.29, 1.82) is 0 Å². The zero-order chi connectivity index (χ0) is 22.1. The summed E-state index contributed by atoms with van der Waals surface area (Å²) in [6.45, 7) is 3.86. The molecule has 0 aliphatic carbocycles. The van der Waals surface area contributed by atoms with Gasteiger partial charge in [0.25, 0.3) is 5.56 Å². The summed E-state index contributed by atoms with van der Waals surface area (Å²) in [4.78, 5) is 29.5. The van der Waals surface area contributed by atoms with Gasteiger partial charge < -0.3 is 9.88 Å². The van der Waals surface area contributed by atoms with Crippen molar-refractivity contribution in [3.63, 3.8) is 0 Å². The largest absolute Gasteiger partial charge is 0.325 e. The van der Waals surface area contributed by atoms with Gasteiger partial charge in [-0.15, -0.1) is 6.58 Å². The molecule has 1 aromatic carbocycles. The summed E-state index contributed by atoms with van der Waals surface area (Å²) in [6, 6.07) is 5.78. The van der Waals surface area contributed by atoms with E-state index in [9.17, 15) is 18.0 Å². The topological polar surface area (TPSA) is 106 Å². The van der Waals surface area contributed by atoms with Gasteiger partial charge in [-0.05, 0) is 36.5 Å². The Hall–Kier alpha value is -2.67. The third-order valence-electron chi connectivity index (χ3n) is 4.19. The molecule has 0 saturated carbocycles. The lowest BCUT2D eigenvalue weighted by molar-refractivity contribution is -0.116. The molecule has 30 heavy (non-hydrogen) atoms. The molecule has 1 N–H and O–H groups in total. The van der Waals surface area contributed by atoms with Crippen molar-refractivity contribution >= 4 is 55.5 Å². The first kappa shape index (κ1) is 22.0. The summed E-state index contributed by atoms with van der Waals surface area (Å²) >= 11 is 6.41. The first-order valence-corrected chi connectivity index (χ1v) is 11.3. The number of aromatic nitrogens is 3. The van der Waals surface area contributed by atoms with Gasteiger partial charge in [-0.1, -0.05) is 17.4 Å². The van der Waals surface area contributed by atoms with Gasteiger partial charge in [0.2, 0.25) is 15.9 Å². The fraction of sp³-hybridized carbons (Fsp3) is 0.222. The maximum Gasteiger partial charge on any atom is 0.273 e. The van der Waals surface area contributed by atoms with Crippen molar-refractivity contribution in [2.24, 2.45) is 0 Å². The average Bonchev–Trinajstić information content (AvgIpc) is 3.01. The number of nitrogens with zero attached hydrogens (tertiary/aromatic N) is 4. The van der Waals surface area contributed by atoms with Gasteiger partial charge in [0.1, 0.15) is 17.6 Å². The molecule has 0 aliphatic heterocycles. The summed E-state index contributed by atoms with van der Waals surface area (Å²) < 4.78 is 29.1. The molecular weight excluding hydrogens is 446 g/mol. The minimum atomic E-state index is -3.55. The van der Waals surface area contributed by atoms with Crippen molar-refractivity contribution in [2.75, 3.05) is 19.4 Å². The zero-order valence-electron chi connectivity index (χ0n) is 16.2. The van der Waals surface area contributed by atoms with Gasteiger partial charge in [0, 0.05) is 26.3 Å².